The van der Waals surface area contributed by atoms with Gasteiger partial charge in [0.15, 0.2) is 39.2 Å². The van der Waals surface area contributed by atoms with E-state index in [1.807, 2.05) is 61.2 Å². The highest BCUT2D eigenvalue weighted by Gasteiger charge is 2.23. The van der Waals surface area contributed by atoms with E-state index in [4.69, 9.17) is 4.74 Å². The SMILES string of the molecule is Cc1cc(N(CCCCCCCN2CCCCC2)c2nc(C(=O)O)c(CCCOc3ccc(C#CCN(C)C)cc3F)s2)nnc1Nc1nc2ccccc2s1. The summed E-state index contributed by atoms with van der Waals surface area (Å²) in [5, 5.41) is 24.0. The molecule has 0 unspecified atom stereocenters. The summed E-state index contributed by atoms with van der Waals surface area (Å²) in [6, 6.07) is 14.6. The van der Waals surface area contributed by atoms with E-state index in [2.05, 4.69) is 42.2 Å². The predicted molar refractivity (Wildman–Crippen MR) is 225 cm³/mol. The minimum atomic E-state index is -1.09. The molecule has 0 radical (unpaired) electrons. The van der Waals surface area contributed by atoms with Crippen LogP contribution in [0, 0.1) is 24.6 Å². The third-order valence-corrected chi connectivity index (χ3v) is 11.6. The van der Waals surface area contributed by atoms with E-state index in [1.54, 1.807) is 23.5 Å². The van der Waals surface area contributed by atoms with Gasteiger partial charge in [-0.3, -0.25) is 4.90 Å². The van der Waals surface area contributed by atoms with Gasteiger partial charge < -0.3 is 25.0 Å². The quantitative estimate of drug-likeness (QED) is 0.0616. The fourth-order valence-electron chi connectivity index (χ4n) is 6.58. The van der Waals surface area contributed by atoms with Crippen molar-refractivity contribution in [2.75, 3.05) is 63.6 Å². The van der Waals surface area contributed by atoms with Gasteiger partial charge in [0.05, 0.1) is 23.4 Å². The molecule has 56 heavy (non-hydrogen) atoms. The number of aromatic nitrogens is 4. The number of likely N-dealkylation sites (tertiary alicyclic amines) is 1. The Hall–Kier alpha value is -4.68. The van der Waals surface area contributed by atoms with Crippen molar-refractivity contribution in [3.05, 3.63) is 76.0 Å². The van der Waals surface area contributed by atoms with Gasteiger partial charge in [0.25, 0.3) is 0 Å². The highest BCUT2D eigenvalue weighted by atomic mass is 32.1. The van der Waals surface area contributed by atoms with E-state index in [0.29, 0.717) is 53.1 Å². The van der Waals surface area contributed by atoms with Gasteiger partial charge in [-0.15, -0.1) is 21.5 Å². The molecule has 1 aliphatic heterocycles. The minimum Gasteiger partial charge on any atom is -0.491 e. The standard InChI is InChI=1S/C42H51FN8O3S2/c1-30-28-37(47-48-39(30)46-41-44-33-17-8-9-18-35(33)55-41)51(26-13-6-4-5-10-23-50-24-11-7-12-25-50)42-45-38(40(52)53)36(56-42)19-15-27-54-34-21-20-31(29-32(34)43)16-14-22-49(2)3/h8-9,17-18,20-21,28-29H,4-7,10-13,15,19,22-27H2,1-3H3,(H,52,53)(H,44,46,48). The number of para-hydroxylation sites is 1. The number of unbranched alkanes of at least 4 members (excludes halogenated alkanes) is 4. The van der Waals surface area contributed by atoms with E-state index in [9.17, 15) is 14.3 Å². The van der Waals surface area contributed by atoms with Crippen LogP contribution in [0.4, 0.5) is 26.3 Å². The molecule has 0 saturated carbocycles. The fraction of sp³-hybridized carbons (Fsp3) is 0.452. The molecule has 1 aliphatic rings. The maximum atomic E-state index is 14.8. The molecular weight excluding hydrogens is 748 g/mol. The molecule has 2 aromatic carbocycles. The van der Waals surface area contributed by atoms with Gasteiger partial charge >= 0.3 is 5.97 Å². The van der Waals surface area contributed by atoms with Gasteiger partial charge in [-0.2, -0.15) is 0 Å². The summed E-state index contributed by atoms with van der Waals surface area (Å²) >= 11 is 2.90. The molecule has 1 saturated heterocycles. The fourth-order valence-corrected chi connectivity index (χ4v) is 8.58. The normalized spacial score (nSPS) is 13.2. The molecule has 0 bridgehead atoms. The van der Waals surface area contributed by atoms with Crippen LogP contribution in [-0.2, 0) is 6.42 Å². The zero-order valence-corrected chi connectivity index (χ0v) is 34.2. The molecule has 4 heterocycles. The largest absolute Gasteiger partial charge is 0.491 e. The molecule has 6 rings (SSSR count). The van der Waals surface area contributed by atoms with Gasteiger partial charge in [0.1, 0.15) is 0 Å². The molecule has 0 atom stereocenters. The van der Waals surface area contributed by atoms with E-state index >= 15 is 0 Å². The smallest absolute Gasteiger partial charge is 0.355 e. The number of nitrogens with one attached hydrogen (secondary N) is 1. The number of carboxylic acids is 1. The van der Waals surface area contributed by atoms with Crippen LogP contribution in [0.15, 0.2) is 48.5 Å². The number of fused-ring (bicyclic) bond motifs is 1. The zero-order valence-electron chi connectivity index (χ0n) is 32.5. The number of carboxylic acid groups (broad SMARTS) is 1. The molecule has 2 N–H and O–H groups in total. The number of benzene rings is 2. The maximum absolute atomic E-state index is 14.8. The number of ether oxygens (including phenoxy) is 1. The van der Waals surface area contributed by atoms with Crippen molar-refractivity contribution in [3.63, 3.8) is 0 Å². The summed E-state index contributed by atoms with van der Waals surface area (Å²) in [6.07, 6.45) is 10.3. The number of aryl methyl sites for hydroxylation is 2. The summed E-state index contributed by atoms with van der Waals surface area (Å²) in [6.45, 7) is 7.02. The lowest BCUT2D eigenvalue weighted by Crippen LogP contribution is -2.30. The number of thiazole rings is 2. The second kappa shape index (κ2) is 20.5. The number of carbonyl (C=O) groups is 1. The lowest BCUT2D eigenvalue weighted by molar-refractivity contribution is 0.0690. The van der Waals surface area contributed by atoms with Crippen LogP contribution in [0.3, 0.4) is 0 Å². The Balaban J connectivity index is 1.12. The first-order chi connectivity index (χ1) is 27.2. The molecule has 0 spiro atoms. The molecule has 14 heteroatoms. The molecule has 11 nitrogen and oxygen atoms in total. The van der Waals surface area contributed by atoms with Crippen molar-refractivity contribution in [3.8, 4) is 17.6 Å². The molecular formula is C42H51FN8O3S2. The first-order valence-electron chi connectivity index (χ1n) is 19.5. The Kier molecular flexibility index (Phi) is 15.0. The number of nitrogens with zero attached hydrogens (tertiary/aromatic N) is 7. The van der Waals surface area contributed by atoms with Crippen LogP contribution in [0.2, 0.25) is 0 Å². The predicted octanol–water partition coefficient (Wildman–Crippen LogP) is 8.93. The van der Waals surface area contributed by atoms with Crippen molar-refractivity contribution in [1.29, 1.82) is 0 Å². The Bertz CT molecular complexity index is 2090. The second-order valence-electron chi connectivity index (χ2n) is 14.4. The monoisotopic (exact) mass is 798 g/mol. The van der Waals surface area contributed by atoms with E-state index in [1.165, 1.54) is 69.1 Å². The molecule has 1 fully saturated rings. The second-order valence-corrected chi connectivity index (χ2v) is 16.5. The molecule has 296 valence electrons. The van der Waals surface area contributed by atoms with E-state index in [-0.39, 0.29) is 18.1 Å². The van der Waals surface area contributed by atoms with Crippen LogP contribution in [0.1, 0.15) is 84.3 Å². The summed E-state index contributed by atoms with van der Waals surface area (Å²) in [7, 11) is 3.85. The van der Waals surface area contributed by atoms with Crippen LogP contribution in [0.5, 0.6) is 5.75 Å². The number of piperidine rings is 1. The summed E-state index contributed by atoms with van der Waals surface area (Å²) in [4.78, 5) is 28.9. The number of hydrogen-bond acceptors (Lipinski definition) is 12. The summed E-state index contributed by atoms with van der Waals surface area (Å²) < 4.78 is 21.6. The van der Waals surface area contributed by atoms with E-state index in [0.717, 1.165) is 40.2 Å². The Morgan fingerprint density at radius 3 is 2.55 bits per heavy atom. The Labute approximate surface area is 336 Å². The number of hydrogen-bond donors (Lipinski definition) is 2. The summed E-state index contributed by atoms with van der Waals surface area (Å²) in [5.74, 6) is 5.74. The van der Waals surface area contributed by atoms with Gasteiger partial charge in [0, 0.05) is 17.0 Å². The van der Waals surface area contributed by atoms with Crippen LogP contribution >= 0.6 is 22.7 Å². The summed E-state index contributed by atoms with van der Waals surface area (Å²) in [5.41, 5.74) is 2.39. The number of anilines is 4. The van der Waals surface area contributed by atoms with Gasteiger partial charge in [-0.05, 0) is 121 Å². The van der Waals surface area contributed by atoms with Crippen molar-refractivity contribution < 1.29 is 19.0 Å². The topological polar surface area (TPSA) is 120 Å². The molecule has 5 aromatic rings. The van der Waals surface area contributed by atoms with Crippen molar-refractivity contribution in [2.45, 2.75) is 71.1 Å². The van der Waals surface area contributed by atoms with Gasteiger partial charge in [-0.1, -0.05) is 61.0 Å². The first-order valence-corrected chi connectivity index (χ1v) is 21.1. The van der Waals surface area contributed by atoms with Crippen molar-refractivity contribution in [1.82, 2.24) is 30.0 Å². The van der Waals surface area contributed by atoms with Gasteiger partial charge in [-0.25, -0.2) is 19.2 Å². The molecule has 0 aliphatic carbocycles. The van der Waals surface area contributed by atoms with Crippen LogP contribution < -0.4 is 15.0 Å². The van der Waals surface area contributed by atoms with Crippen LogP contribution in [0.25, 0.3) is 10.2 Å². The molecule has 3 aromatic heterocycles. The minimum absolute atomic E-state index is 0.0124. The number of rotatable bonds is 19. The van der Waals surface area contributed by atoms with E-state index < -0.39 is 11.8 Å². The van der Waals surface area contributed by atoms with Crippen molar-refractivity contribution >= 4 is 60.8 Å². The highest BCUT2D eigenvalue weighted by molar-refractivity contribution is 7.22. The lowest BCUT2D eigenvalue weighted by atomic mass is 10.1. The average molecular weight is 799 g/mol. The lowest BCUT2D eigenvalue weighted by Gasteiger charge is -2.26. The molecule has 0 amide bonds. The third-order valence-electron chi connectivity index (χ3n) is 9.56. The maximum Gasteiger partial charge on any atom is 0.355 e. The third kappa shape index (κ3) is 11.7. The van der Waals surface area contributed by atoms with Gasteiger partial charge in [0.2, 0.25) is 0 Å². The zero-order chi connectivity index (χ0) is 39.3. The van der Waals surface area contributed by atoms with Crippen LogP contribution in [-0.4, -0.2) is 94.5 Å². The number of aromatic carboxylic acids is 1. The first kappa shape index (κ1) is 41.0. The average Bonchev–Trinajstić information content (AvgIpc) is 3.80. The van der Waals surface area contributed by atoms with Crippen molar-refractivity contribution in [2.24, 2.45) is 0 Å². The Morgan fingerprint density at radius 1 is 0.982 bits per heavy atom. The number of halogens is 1. The Morgan fingerprint density at radius 2 is 1.79 bits per heavy atom. The highest BCUT2D eigenvalue weighted by Crippen LogP contribution is 2.34.